The Morgan fingerprint density at radius 2 is 1.84 bits per heavy atom. The summed E-state index contributed by atoms with van der Waals surface area (Å²) in [4.78, 5) is 17.0. The van der Waals surface area contributed by atoms with Crippen LogP contribution in [-0.4, -0.2) is 23.7 Å². The van der Waals surface area contributed by atoms with Gasteiger partial charge < -0.3 is 9.47 Å². The lowest BCUT2D eigenvalue weighted by Gasteiger charge is -2.23. The van der Waals surface area contributed by atoms with Gasteiger partial charge in [0.1, 0.15) is 11.9 Å². The molecule has 2 atom stereocenters. The number of carbonyl (C=O) groups is 1. The molecule has 200 valence electrons. The number of aromatic nitrogens is 1. The molecule has 2 aliphatic heterocycles. The minimum absolute atomic E-state index is 0.148. The van der Waals surface area contributed by atoms with Crippen molar-refractivity contribution in [3.8, 4) is 11.1 Å². The zero-order valence-electron chi connectivity index (χ0n) is 23.3. The van der Waals surface area contributed by atoms with Crippen molar-refractivity contribution in [1.82, 2.24) is 4.98 Å². The van der Waals surface area contributed by atoms with Crippen molar-refractivity contribution in [3.05, 3.63) is 77.6 Å². The molecule has 2 aromatic rings. The minimum Gasteiger partial charge on any atom is -0.498 e. The number of esters is 1. The van der Waals surface area contributed by atoms with Crippen LogP contribution in [0, 0.1) is 5.82 Å². The Kier molecular flexibility index (Phi) is 11.8. The Labute approximate surface area is 222 Å². The summed E-state index contributed by atoms with van der Waals surface area (Å²) in [5.74, 6) is 0.701. The first-order valence-electron chi connectivity index (χ1n) is 13.4. The lowest BCUT2D eigenvalue weighted by atomic mass is 9.85. The Balaban J connectivity index is 0.00000115. The van der Waals surface area contributed by atoms with Crippen LogP contribution >= 0.6 is 0 Å². The molecule has 0 saturated carbocycles. The van der Waals surface area contributed by atoms with Gasteiger partial charge in [0, 0.05) is 24.0 Å². The highest BCUT2D eigenvalue weighted by Crippen LogP contribution is 2.40. The number of ether oxygens (including phenoxy) is 2. The van der Waals surface area contributed by atoms with Crippen LogP contribution in [-0.2, 0) is 20.7 Å². The van der Waals surface area contributed by atoms with Crippen molar-refractivity contribution >= 4 is 17.6 Å². The summed E-state index contributed by atoms with van der Waals surface area (Å²) in [6, 6.07) is 6.67. The van der Waals surface area contributed by atoms with E-state index in [0.29, 0.717) is 19.4 Å². The molecule has 2 aliphatic rings. The molecule has 0 N–H and O–H groups in total. The van der Waals surface area contributed by atoms with E-state index in [-0.39, 0.29) is 23.8 Å². The van der Waals surface area contributed by atoms with Gasteiger partial charge >= 0.3 is 5.97 Å². The van der Waals surface area contributed by atoms with Gasteiger partial charge in [-0.15, -0.1) is 13.2 Å². The van der Waals surface area contributed by atoms with Crippen LogP contribution in [0.4, 0.5) is 4.39 Å². The van der Waals surface area contributed by atoms with Crippen LogP contribution < -0.4 is 0 Å². The van der Waals surface area contributed by atoms with Crippen LogP contribution in [0.15, 0.2) is 49.3 Å². The molecule has 4 rings (SSSR count). The highest BCUT2D eigenvalue weighted by atomic mass is 19.1. The molecular weight excluding hydrogens is 465 g/mol. The van der Waals surface area contributed by atoms with Gasteiger partial charge in [0.05, 0.1) is 23.8 Å². The number of carbonyl (C=O) groups excluding carboxylic acids is 1. The number of rotatable bonds is 5. The van der Waals surface area contributed by atoms with E-state index in [2.05, 4.69) is 40.0 Å². The second kappa shape index (κ2) is 14.5. The maximum absolute atomic E-state index is 13.8. The number of cyclic esters (lactones) is 1. The highest BCUT2D eigenvalue weighted by molar-refractivity contribution is 5.84. The van der Waals surface area contributed by atoms with Gasteiger partial charge in [0.15, 0.2) is 0 Å². The maximum Gasteiger partial charge on any atom is 0.306 e. The van der Waals surface area contributed by atoms with Crippen LogP contribution in [0.1, 0.15) is 95.7 Å². The van der Waals surface area contributed by atoms with Gasteiger partial charge in [0.2, 0.25) is 0 Å². The number of nitrogens with zero attached hydrogens (tertiary/aromatic N) is 1. The first-order chi connectivity index (χ1) is 17.9. The molecule has 0 amide bonds. The topological polar surface area (TPSA) is 48.4 Å². The minimum atomic E-state index is -0.262. The number of hydrogen-bond donors (Lipinski definition) is 0. The molecule has 1 aromatic carbocycles. The van der Waals surface area contributed by atoms with Crippen molar-refractivity contribution in [3.63, 3.8) is 0 Å². The molecular formula is C32H42FNO3. The zero-order chi connectivity index (χ0) is 27.5. The number of fused-ring (bicyclic) bond motifs is 1. The summed E-state index contributed by atoms with van der Waals surface area (Å²) in [5.41, 5.74) is 7.14. The fraction of sp³-hybridized carbons (Fsp3) is 0.438. The van der Waals surface area contributed by atoms with Gasteiger partial charge in [-0.2, -0.15) is 0 Å². The molecule has 1 unspecified atom stereocenters. The largest absolute Gasteiger partial charge is 0.498 e. The number of hydrogen-bond acceptors (Lipinski definition) is 4. The molecule has 1 fully saturated rings. The molecule has 0 radical (unpaired) electrons. The number of allylic oxidation sites excluding steroid dienone is 2. The molecule has 37 heavy (non-hydrogen) atoms. The number of pyridine rings is 1. The molecule has 1 aromatic heterocycles. The van der Waals surface area contributed by atoms with E-state index < -0.39 is 0 Å². The predicted octanol–water partition coefficient (Wildman–Crippen LogP) is 8.66. The van der Waals surface area contributed by atoms with E-state index in [1.807, 2.05) is 39.0 Å². The Hall–Kier alpha value is -3.21. The predicted molar refractivity (Wildman–Crippen MR) is 152 cm³/mol. The normalized spacial score (nSPS) is 17.8. The van der Waals surface area contributed by atoms with Crippen LogP contribution in [0.2, 0.25) is 0 Å². The van der Waals surface area contributed by atoms with Gasteiger partial charge in [-0.25, -0.2) is 4.39 Å². The van der Waals surface area contributed by atoms with Crippen molar-refractivity contribution in [2.75, 3.05) is 6.61 Å². The van der Waals surface area contributed by atoms with E-state index in [4.69, 9.17) is 14.5 Å². The van der Waals surface area contributed by atoms with E-state index >= 15 is 0 Å². The van der Waals surface area contributed by atoms with Crippen molar-refractivity contribution in [1.29, 1.82) is 0 Å². The first kappa shape index (κ1) is 30.0. The van der Waals surface area contributed by atoms with Crippen LogP contribution in [0.25, 0.3) is 22.8 Å². The van der Waals surface area contributed by atoms with Crippen molar-refractivity contribution in [2.45, 2.75) is 85.7 Å². The van der Waals surface area contributed by atoms with E-state index in [1.54, 1.807) is 0 Å². The lowest BCUT2D eigenvalue weighted by molar-refractivity contribution is -0.150. The second-order valence-corrected chi connectivity index (χ2v) is 8.99. The van der Waals surface area contributed by atoms with Gasteiger partial charge in [-0.05, 0) is 73.9 Å². The molecule has 3 heterocycles. The van der Waals surface area contributed by atoms with Crippen molar-refractivity contribution < 1.29 is 18.7 Å². The first-order valence-corrected chi connectivity index (χ1v) is 13.4. The van der Waals surface area contributed by atoms with Crippen molar-refractivity contribution in [2.24, 2.45) is 0 Å². The Morgan fingerprint density at radius 3 is 2.46 bits per heavy atom. The third-order valence-corrected chi connectivity index (χ3v) is 6.76. The molecule has 1 saturated heterocycles. The summed E-state index contributed by atoms with van der Waals surface area (Å²) in [5, 5.41) is 0. The summed E-state index contributed by atoms with van der Waals surface area (Å²) < 4.78 is 25.3. The molecule has 0 spiro atoms. The second-order valence-electron chi connectivity index (χ2n) is 8.99. The summed E-state index contributed by atoms with van der Waals surface area (Å²) in [6.07, 6.45) is 7.60. The zero-order valence-corrected chi connectivity index (χ0v) is 23.3. The third-order valence-electron chi connectivity index (χ3n) is 6.76. The Bertz CT molecular complexity index is 1120. The summed E-state index contributed by atoms with van der Waals surface area (Å²) >= 11 is 0. The fourth-order valence-corrected chi connectivity index (χ4v) is 4.55. The quantitative estimate of drug-likeness (QED) is 0.300. The van der Waals surface area contributed by atoms with E-state index in [1.165, 1.54) is 12.1 Å². The maximum atomic E-state index is 13.8. The van der Waals surface area contributed by atoms with Gasteiger partial charge in [-0.1, -0.05) is 45.9 Å². The average molecular weight is 508 g/mol. The van der Waals surface area contributed by atoms with E-state index in [0.717, 1.165) is 64.2 Å². The standard InChI is InChI=1S/C28H32FNO3.C2H6.C2H4/c1-5-17(2)27-23(14-13-22-7-6-8-25(31)33-22)26(20-9-11-21(29)12-10-20)24-15-16-32-19(4)18(3)28(24)30-27;2*1-2/h9-14,17,22H,5-8,15-16H2,1-4H3;1-2H3;1-2H2/b14-13+;;/t17?,22-;;/m0../s1. The average Bonchev–Trinajstić information content (AvgIpc) is 3.07. The summed E-state index contributed by atoms with van der Waals surface area (Å²) in [6.45, 7) is 18.9. The smallest absolute Gasteiger partial charge is 0.306 e. The highest BCUT2D eigenvalue weighted by Gasteiger charge is 2.26. The van der Waals surface area contributed by atoms with Gasteiger partial charge in [-0.3, -0.25) is 9.78 Å². The molecule has 4 nitrogen and oxygen atoms in total. The number of halogens is 1. The molecule has 5 heteroatoms. The lowest BCUT2D eigenvalue weighted by Crippen LogP contribution is -2.21. The fourth-order valence-electron chi connectivity index (χ4n) is 4.55. The SMILES string of the molecule is C=C.CC.CCC(C)c1nc2c(c(-c3ccc(F)cc3)c1/C=C/[C@@H]1CCCC(=O)O1)CCOC(C)=C2C. The van der Waals surface area contributed by atoms with Crippen LogP contribution in [0.3, 0.4) is 0 Å². The van der Waals surface area contributed by atoms with Gasteiger partial charge in [0.25, 0.3) is 0 Å². The Morgan fingerprint density at radius 1 is 1.16 bits per heavy atom. The molecule has 0 aliphatic carbocycles. The summed E-state index contributed by atoms with van der Waals surface area (Å²) in [7, 11) is 0. The van der Waals surface area contributed by atoms with E-state index in [9.17, 15) is 9.18 Å². The number of benzene rings is 1. The monoisotopic (exact) mass is 507 g/mol. The third kappa shape index (κ3) is 7.18. The molecule has 0 bridgehead atoms. The van der Waals surface area contributed by atoms with Crippen LogP contribution in [0.5, 0.6) is 0 Å².